The summed E-state index contributed by atoms with van der Waals surface area (Å²) in [6, 6.07) is 17.4. The topological polar surface area (TPSA) is 55.1 Å². The summed E-state index contributed by atoms with van der Waals surface area (Å²) in [5, 5.41) is 2.97. The third-order valence-electron chi connectivity index (χ3n) is 3.57. The van der Waals surface area contributed by atoms with E-state index in [1.165, 1.54) is 5.56 Å². The van der Waals surface area contributed by atoms with Crippen LogP contribution < -0.4 is 11.1 Å². The van der Waals surface area contributed by atoms with Crippen LogP contribution in [-0.4, -0.2) is 11.9 Å². The second-order valence-electron chi connectivity index (χ2n) is 5.44. The van der Waals surface area contributed by atoms with Crippen LogP contribution in [0.1, 0.15) is 29.7 Å². The van der Waals surface area contributed by atoms with Crippen LogP contribution in [0.4, 0.5) is 0 Å². The highest BCUT2D eigenvalue weighted by Crippen LogP contribution is 2.13. The quantitative estimate of drug-likeness (QED) is 0.886. The summed E-state index contributed by atoms with van der Waals surface area (Å²) in [5.74, 6) is -0.119. The molecule has 3 heteroatoms. The van der Waals surface area contributed by atoms with Gasteiger partial charge < -0.3 is 11.1 Å². The first-order valence-corrected chi connectivity index (χ1v) is 7.22. The van der Waals surface area contributed by atoms with Gasteiger partial charge in [-0.2, -0.15) is 0 Å². The van der Waals surface area contributed by atoms with Crippen LogP contribution in [0.15, 0.2) is 54.6 Å². The second kappa shape index (κ2) is 7.04. The maximum Gasteiger partial charge on any atom is 0.237 e. The molecule has 0 aliphatic carbocycles. The molecule has 0 spiro atoms. The van der Waals surface area contributed by atoms with Gasteiger partial charge in [-0.05, 0) is 31.4 Å². The molecule has 3 N–H and O–H groups in total. The van der Waals surface area contributed by atoms with Gasteiger partial charge in [-0.25, -0.2) is 0 Å². The molecule has 2 rings (SSSR count). The van der Waals surface area contributed by atoms with Crippen molar-refractivity contribution in [3.05, 3.63) is 71.3 Å². The highest BCUT2D eigenvalue weighted by molar-refractivity contribution is 5.82. The summed E-state index contributed by atoms with van der Waals surface area (Å²) in [7, 11) is 0. The van der Waals surface area contributed by atoms with E-state index in [4.69, 9.17) is 5.73 Å². The number of hydrogen-bond acceptors (Lipinski definition) is 2. The highest BCUT2D eigenvalue weighted by atomic mass is 16.2. The lowest BCUT2D eigenvalue weighted by atomic mass is 10.0. The average molecular weight is 282 g/mol. The molecule has 0 saturated carbocycles. The molecule has 0 fully saturated rings. The Labute approximate surface area is 126 Å². The van der Waals surface area contributed by atoms with E-state index in [0.29, 0.717) is 6.42 Å². The molecule has 2 aromatic rings. The molecule has 0 aliphatic rings. The number of benzene rings is 2. The van der Waals surface area contributed by atoms with Crippen molar-refractivity contribution in [3.63, 3.8) is 0 Å². The maximum absolute atomic E-state index is 12.2. The molecule has 1 amide bonds. The molecular formula is C18H22N2O. The smallest absolute Gasteiger partial charge is 0.237 e. The maximum atomic E-state index is 12.2. The van der Waals surface area contributed by atoms with E-state index in [0.717, 1.165) is 11.1 Å². The third-order valence-corrected chi connectivity index (χ3v) is 3.57. The number of nitrogens with one attached hydrogen (secondary N) is 1. The Bertz CT molecular complexity index is 578. The van der Waals surface area contributed by atoms with Crippen LogP contribution in [0.2, 0.25) is 0 Å². The van der Waals surface area contributed by atoms with E-state index in [9.17, 15) is 4.79 Å². The monoisotopic (exact) mass is 282 g/mol. The van der Waals surface area contributed by atoms with Crippen LogP contribution in [0.3, 0.4) is 0 Å². The highest BCUT2D eigenvalue weighted by Gasteiger charge is 2.16. The van der Waals surface area contributed by atoms with E-state index in [2.05, 4.69) is 5.32 Å². The molecule has 0 aromatic heterocycles. The predicted octanol–water partition coefficient (Wildman–Crippen LogP) is 2.74. The van der Waals surface area contributed by atoms with E-state index >= 15 is 0 Å². The van der Waals surface area contributed by atoms with Crippen molar-refractivity contribution >= 4 is 5.91 Å². The molecule has 0 saturated heterocycles. The van der Waals surface area contributed by atoms with Crippen LogP contribution >= 0.6 is 0 Å². The van der Waals surface area contributed by atoms with Gasteiger partial charge in [-0.15, -0.1) is 0 Å². The first kappa shape index (κ1) is 15.3. The lowest BCUT2D eigenvalue weighted by molar-refractivity contribution is -0.123. The van der Waals surface area contributed by atoms with E-state index in [1.807, 2.05) is 68.4 Å². The fraction of sp³-hybridized carbons (Fsp3) is 0.278. The Balaban J connectivity index is 1.92. The fourth-order valence-corrected chi connectivity index (χ4v) is 2.22. The number of aryl methyl sites for hydroxylation is 1. The lowest BCUT2D eigenvalue weighted by Gasteiger charge is -2.18. The van der Waals surface area contributed by atoms with Crippen molar-refractivity contribution in [3.8, 4) is 0 Å². The number of hydrogen-bond donors (Lipinski definition) is 2. The Morgan fingerprint density at radius 3 is 2.33 bits per heavy atom. The van der Waals surface area contributed by atoms with Gasteiger partial charge >= 0.3 is 0 Å². The molecule has 21 heavy (non-hydrogen) atoms. The summed E-state index contributed by atoms with van der Waals surface area (Å²) >= 11 is 0. The standard InChI is InChI=1S/C18H22N2O/c1-13-8-10-16(11-9-13)14(2)20-18(21)17(19)12-15-6-4-3-5-7-15/h3-11,14,17H,12,19H2,1-2H3,(H,20,21)/t14?,17-/m0/s1. The van der Waals surface area contributed by atoms with Crippen molar-refractivity contribution in [1.29, 1.82) is 0 Å². The Hall–Kier alpha value is -2.13. The van der Waals surface area contributed by atoms with E-state index in [-0.39, 0.29) is 11.9 Å². The summed E-state index contributed by atoms with van der Waals surface area (Å²) in [6.45, 7) is 4.01. The first-order chi connectivity index (χ1) is 10.1. The van der Waals surface area contributed by atoms with Crippen molar-refractivity contribution in [2.75, 3.05) is 0 Å². The zero-order valence-electron chi connectivity index (χ0n) is 12.5. The molecule has 3 nitrogen and oxygen atoms in total. The van der Waals surface area contributed by atoms with Gasteiger partial charge in [0.05, 0.1) is 12.1 Å². The number of amides is 1. The first-order valence-electron chi connectivity index (χ1n) is 7.22. The van der Waals surface area contributed by atoms with Crippen LogP contribution in [-0.2, 0) is 11.2 Å². The van der Waals surface area contributed by atoms with Gasteiger partial charge in [-0.1, -0.05) is 60.2 Å². The lowest BCUT2D eigenvalue weighted by Crippen LogP contribution is -2.42. The van der Waals surface area contributed by atoms with Crippen molar-refractivity contribution in [2.45, 2.75) is 32.4 Å². The number of rotatable bonds is 5. The molecular weight excluding hydrogens is 260 g/mol. The minimum atomic E-state index is -0.528. The summed E-state index contributed by atoms with van der Waals surface area (Å²) in [4.78, 5) is 12.2. The molecule has 2 atom stereocenters. The molecule has 0 radical (unpaired) electrons. The van der Waals surface area contributed by atoms with Crippen LogP contribution in [0, 0.1) is 6.92 Å². The molecule has 110 valence electrons. The molecule has 2 aromatic carbocycles. The normalized spacial score (nSPS) is 13.5. The van der Waals surface area contributed by atoms with Crippen LogP contribution in [0.25, 0.3) is 0 Å². The Morgan fingerprint density at radius 2 is 1.71 bits per heavy atom. The zero-order valence-corrected chi connectivity index (χ0v) is 12.5. The van der Waals surface area contributed by atoms with Gasteiger partial charge in [0, 0.05) is 0 Å². The average Bonchev–Trinajstić information content (AvgIpc) is 2.48. The predicted molar refractivity (Wildman–Crippen MR) is 85.9 cm³/mol. The van der Waals surface area contributed by atoms with Crippen molar-refractivity contribution < 1.29 is 4.79 Å². The van der Waals surface area contributed by atoms with Gasteiger partial charge in [0.25, 0.3) is 0 Å². The SMILES string of the molecule is Cc1ccc(C(C)NC(=O)[C@@H](N)Cc2ccccc2)cc1. The van der Waals surface area contributed by atoms with E-state index < -0.39 is 6.04 Å². The number of nitrogens with two attached hydrogens (primary N) is 1. The molecule has 0 aliphatic heterocycles. The van der Waals surface area contributed by atoms with Crippen LogP contribution in [0.5, 0.6) is 0 Å². The summed E-state index contributed by atoms with van der Waals surface area (Å²) in [5.41, 5.74) is 9.35. The minimum absolute atomic E-state index is 0.0417. The zero-order chi connectivity index (χ0) is 15.2. The number of carbonyl (C=O) groups excluding carboxylic acids is 1. The Kier molecular flexibility index (Phi) is 5.12. The van der Waals surface area contributed by atoms with Crippen molar-refractivity contribution in [2.24, 2.45) is 5.73 Å². The third kappa shape index (κ3) is 4.43. The van der Waals surface area contributed by atoms with Gasteiger partial charge in [0.2, 0.25) is 5.91 Å². The van der Waals surface area contributed by atoms with Gasteiger partial charge in [0.1, 0.15) is 0 Å². The summed E-state index contributed by atoms with van der Waals surface area (Å²) < 4.78 is 0. The largest absolute Gasteiger partial charge is 0.348 e. The Morgan fingerprint density at radius 1 is 1.10 bits per heavy atom. The van der Waals surface area contributed by atoms with Gasteiger partial charge in [0.15, 0.2) is 0 Å². The summed E-state index contributed by atoms with van der Waals surface area (Å²) in [6.07, 6.45) is 0.549. The molecule has 0 heterocycles. The van der Waals surface area contributed by atoms with Gasteiger partial charge in [-0.3, -0.25) is 4.79 Å². The second-order valence-corrected chi connectivity index (χ2v) is 5.44. The van der Waals surface area contributed by atoms with Crippen molar-refractivity contribution in [1.82, 2.24) is 5.32 Å². The number of carbonyl (C=O) groups is 1. The fourth-order valence-electron chi connectivity index (χ4n) is 2.22. The molecule has 1 unspecified atom stereocenters. The minimum Gasteiger partial charge on any atom is -0.348 e. The molecule has 0 bridgehead atoms. The van der Waals surface area contributed by atoms with E-state index in [1.54, 1.807) is 0 Å².